The molecule has 1 aromatic heterocycles. The monoisotopic (exact) mass is 277 g/mol. The standard InChI is InChI=1S/C15H23N3O2/c1-3-20-15(19)13-8-12(16)9-17-14(13)18-10(2)11-6-4-5-7-11/h8-11H,3-7,16H2,1-2H3,(H,17,18). The van der Waals surface area contributed by atoms with E-state index in [1.807, 2.05) is 0 Å². The van der Waals surface area contributed by atoms with Crippen molar-refractivity contribution < 1.29 is 9.53 Å². The average Bonchev–Trinajstić information content (AvgIpc) is 2.95. The summed E-state index contributed by atoms with van der Waals surface area (Å²) in [6, 6.07) is 1.91. The van der Waals surface area contributed by atoms with E-state index in [0.29, 0.717) is 35.6 Å². The number of ether oxygens (including phenoxy) is 1. The van der Waals surface area contributed by atoms with Crippen LogP contribution in [0.3, 0.4) is 0 Å². The van der Waals surface area contributed by atoms with E-state index in [2.05, 4.69) is 17.2 Å². The van der Waals surface area contributed by atoms with Crippen molar-refractivity contribution in [1.29, 1.82) is 0 Å². The van der Waals surface area contributed by atoms with Gasteiger partial charge in [0.15, 0.2) is 0 Å². The van der Waals surface area contributed by atoms with Crippen molar-refractivity contribution in [2.75, 3.05) is 17.7 Å². The first-order chi connectivity index (χ1) is 9.61. The van der Waals surface area contributed by atoms with Crippen LogP contribution in [0.2, 0.25) is 0 Å². The van der Waals surface area contributed by atoms with Gasteiger partial charge in [0.2, 0.25) is 0 Å². The van der Waals surface area contributed by atoms with Crippen LogP contribution in [0.4, 0.5) is 11.5 Å². The molecule has 0 aromatic carbocycles. The Hall–Kier alpha value is -1.78. The number of hydrogen-bond donors (Lipinski definition) is 2. The summed E-state index contributed by atoms with van der Waals surface area (Å²) in [5.41, 5.74) is 6.59. The van der Waals surface area contributed by atoms with Gasteiger partial charge in [-0.2, -0.15) is 0 Å². The molecule has 1 aromatic rings. The lowest BCUT2D eigenvalue weighted by molar-refractivity contribution is 0.0527. The van der Waals surface area contributed by atoms with Crippen molar-refractivity contribution in [3.05, 3.63) is 17.8 Å². The van der Waals surface area contributed by atoms with Crippen LogP contribution in [0.15, 0.2) is 12.3 Å². The highest BCUT2D eigenvalue weighted by Gasteiger charge is 2.23. The first-order valence-corrected chi connectivity index (χ1v) is 7.31. The molecule has 1 saturated carbocycles. The number of nitrogen functional groups attached to an aromatic ring is 1. The first kappa shape index (κ1) is 14.6. The van der Waals surface area contributed by atoms with Crippen molar-refractivity contribution >= 4 is 17.5 Å². The number of pyridine rings is 1. The largest absolute Gasteiger partial charge is 0.462 e. The van der Waals surface area contributed by atoms with Gasteiger partial charge in [-0.05, 0) is 38.7 Å². The number of carbonyl (C=O) groups is 1. The Labute approximate surface area is 119 Å². The van der Waals surface area contributed by atoms with Gasteiger partial charge in [-0.1, -0.05) is 12.8 Å². The van der Waals surface area contributed by atoms with E-state index in [1.54, 1.807) is 19.2 Å². The summed E-state index contributed by atoms with van der Waals surface area (Å²) in [5.74, 6) is 0.829. The molecule has 3 N–H and O–H groups in total. The third-order valence-corrected chi connectivity index (χ3v) is 3.88. The van der Waals surface area contributed by atoms with Crippen molar-refractivity contribution in [2.45, 2.75) is 45.6 Å². The Morgan fingerprint density at radius 3 is 2.90 bits per heavy atom. The van der Waals surface area contributed by atoms with E-state index in [1.165, 1.54) is 25.7 Å². The normalized spacial score (nSPS) is 16.9. The minimum atomic E-state index is -0.381. The van der Waals surface area contributed by atoms with Gasteiger partial charge in [-0.25, -0.2) is 9.78 Å². The van der Waals surface area contributed by atoms with Crippen LogP contribution in [0.5, 0.6) is 0 Å². The Balaban J connectivity index is 2.15. The van der Waals surface area contributed by atoms with Gasteiger partial charge >= 0.3 is 5.97 Å². The predicted octanol–water partition coefficient (Wildman–Crippen LogP) is 2.83. The van der Waals surface area contributed by atoms with E-state index in [9.17, 15) is 4.79 Å². The molecule has 110 valence electrons. The summed E-state index contributed by atoms with van der Waals surface area (Å²) in [6.45, 7) is 4.26. The summed E-state index contributed by atoms with van der Waals surface area (Å²) < 4.78 is 5.06. The maximum absolute atomic E-state index is 12.0. The van der Waals surface area contributed by atoms with Gasteiger partial charge < -0.3 is 15.8 Å². The molecule has 0 bridgehead atoms. The molecular formula is C15H23N3O2. The number of nitrogens with two attached hydrogens (primary N) is 1. The minimum Gasteiger partial charge on any atom is -0.462 e. The first-order valence-electron chi connectivity index (χ1n) is 7.31. The molecule has 1 aliphatic rings. The highest BCUT2D eigenvalue weighted by molar-refractivity contribution is 5.95. The average molecular weight is 277 g/mol. The molecule has 0 radical (unpaired) electrons. The second-order valence-corrected chi connectivity index (χ2v) is 5.36. The molecule has 1 atom stereocenters. The van der Waals surface area contributed by atoms with Crippen LogP contribution < -0.4 is 11.1 Å². The van der Waals surface area contributed by atoms with Crippen molar-refractivity contribution in [1.82, 2.24) is 4.98 Å². The second kappa shape index (κ2) is 6.59. The van der Waals surface area contributed by atoms with Crippen molar-refractivity contribution in [3.8, 4) is 0 Å². The lowest BCUT2D eigenvalue weighted by atomic mass is 9.99. The molecule has 1 aliphatic carbocycles. The van der Waals surface area contributed by atoms with Gasteiger partial charge in [0.1, 0.15) is 11.4 Å². The lowest BCUT2D eigenvalue weighted by Gasteiger charge is -2.22. The molecule has 0 saturated heterocycles. The molecule has 1 unspecified atom stereocenters. The third-order valence-electron chi connectivity index (χ3n) is 3.88. The Kier molecular flexibility index (Phi) is 4.82. The number of anilines is 2. The molecule has 1 heterocycles. The van der Waals surface area contributed by atoms with Gasteiger partial charge in [0, 0.05) is 6.04 Å². The van der Waals surface area contributed by atoms with Gasteiger partial charge in [-0.3, -0.25) is 0 Å². The number of nitrogens with one attached hydrogen (secondary N) is 1. The fourth-order valence-corrected chi connectivity index (χ4v) is 2.75. The predicted molar refractivity (Wildman–Crippen MR) is 79.6 cm³/mol. The summed E-state index contributed by atoms with van der Waals surface area (Å²) in [5, 5.41) is 3.35. The van der Waals surface area contributed by atoms with Crippen LogP contribution in [0.1, 0.15) is 49.9 Å². The molecule has 0 amide bonds. The molecule has 0 aliphatic heterocycles. The molecule has 5 nitrogen and oxygen atoms in total. The number of aromatic nitrogens is 1. The van der Waals surface area contributed by atoms with Gasteiger partial charge in [0.05, 0.1) is 18.5 Å². The van der Waals surface area contributed by atoms with Gasteiger partial charge in [0.25, 0.3) is 0 Å². The fourth-order valence-electron chi connectivity index (χ4n) is 2.75. The second-order valence-electron chi connectivity index (χ2n) is 5.36. The maximum atomic E-state index is 12.0. The summed E-state index contributed by atoms with van der Waals surface area (Å²) in [4.78, 5) is 16.2. The maximum Gasteiger partial charge on any atom is 0.341 e. The number of nitrogens with zero attached hydrogens (tertiary/aromatic N) is 1. The SMILES string of the molecule is CCOC(=O)c1cc(N)cnc1NC(C)C1CCCC1. The van der Waals surface area contributed by atoms with E-state index in [4.69, 9.17) is 10.5 Å². The number of hydrogen-bond acceptors (Lipinski definition) is 5. The zero-order valence-electron chi connectivity index (χ0n) is 12.2. The molecule has 5 heteroatoms. The zero-order valence-corrected chi connectivity index (χ0v) is 12.2. The smallest absolute Gasteiger partial charge is 0.341 e. The van der Waals surface area contributed by atoms with E-state index in [0.717, 1.165) is 0 Å². The quantitative estimate of drug-likeness (QED) is 0.809. The molecular weight excluding hydrogens is 254 g/mol. The van der Waals surface area contributed by atoms with E-state index in [-0.39, 0.29) is 5.97 Å². The fraction of sp³-hybridized carbons (Fsp3) is 0.600. The highest BCUT2D eigenvalue weighted by Crippen LogP contribution is 2.29. The number of carbonyl (C=O) groups excluding carboxylic acids is 1. The van der Waals surface area contributed by atoms with Crippen LogP contribution in [-0.4, -0.2) is 23.6 Å². The van der Waals surface area contributed by atoms with E-state index >= 15 is 0 Å². The minimum absolute atomic E-state index is 0.293. The Bertz CT molecular complexity index is 470. The number of rotatable bonds is 5. The van der Waals surface area contributed by atoms with Crippen LogP contribution in [0, 0.1) is 5.92 Å². The van der Waals surface area contributed by atoms with Crippen LogP contribution in [0.25, 0.3) is 0 Å². The zero-order chi connectivity index (χ0) is 14.5. The topological polar surface area (TPSA) is 77.2 Å². The molecule has 20 heavy (non-hydrogen) atoms. The Morgan fingerprint density at radius 2 is 2.25 bits per heavy atom. The highest BCUT2D eigenvalue weighted by atomic mass is 16.5. The summed E-state index contributed by atoms with van der Waals surface area (Å²) >= 11 is 0. The van der Waals surface area contributed by atoms with E-state index < -0.39 is 0 Å². The van der Waals surface area contributed by atoms with Crippen LogP contribution >= 0.6 is 0 Å². The Morgan fingerprint density at radius 1 is 1.55 bits per heavy atom. The third kappa shape index (κ3) is 3.40. The summed E-state index contributed by atoms with van der Waals surface area (Å²) in [7, 11) is 0. The number of esters is 1. The lowest BCUT2D eigenvalue weighted by Crippen LogP contribution is -2.26. The van der Waals surface area contributed by atoms with Crippen LogP contribution in [-0.2, 0) is 4.74 Å². The molecule has 1 fully saturated rings. The van der Waals surface area contributed by atoms with Crippen molar-refractivity contribution in [2.24, 2.45) is 5.92 Å². The van der Waals surface area contributed by atoms with Crippen molar-refractivity contribution in [3.63, 3.8) is 0 Å². The summed E-state index contributed by atoms with van der Waals surface area (Å²) in [6.07, 6.45) is 6.61. The van der Waals surface area contributed by atoms with Gasteiger partial charge in [-0.15, -0.1) is 0 Å². The molecule has 2 rings (SSSR count). The molecule has 0 spiro atoms.